The lowest BCUT2D eigenvalue weighted by Gasteiger charge is -1.96. The van der Waals surface area contributed by atoms with Crippen molar-refractivity contribution in [3.05, 3.63) is 54.7 Å². The molecule has 0 aliphatic carbocycles. The van der Waals surface area contributed by atoms with Gasteiger partial charge in [0.25, 0.3) is 0 Å². The molecule has 3 heteroatoms. The molecule has 0 bridgehead atoms. The minimum atomic E-state index is 0.772. The summed E-state index contributed by atoms with van der Waals surface area (Å²) in [5, 5.41) is 0. The first kappa shape index (κ1) is 8.97. The minimum absolute atomic E-state index is 0.772. The van der Waals surface area contributed by atoms with Crippen LogP contribution in [0.1, 0.15) is 0 Å². The van der Waals surface area contributed by atoms with Gasteiger partial charge >= 0.3 is 5.82 Å². The van der Waals surface area contributed by atoms with Crippen LogP contribution >= 0.6 is 0 Å². The van der Waals surface area contributed by atoms with Gasteiger partial charge in [-0.05, 0) is 23.2 Å². The summed E-state index contributed by atoms with van der Waals surface area (Å²) in [6.45, 7) is 0. The van der Waals surface area contributed by atoms with E-state index in [1.807, 2.05) is 48.5 Å². The van der Waals surface area contributed by atoms with Gasteiger partial charge in [-0.15, -0.1) is 3.95 Å². The fourth-order valence-electron chi connectivity index (χ4n) is 1.17. The van der Waals surface area contributed by atoms with Crippen LogP contribution in [0.4, 0.5) is 11.5 Å². The van der Waals surface area contributed by atoms with Gasteiger partial charge < -0.3 is 0 Å². The number of benzene rings is 1. The van der Waals surface area contributed by atoms with Crippen LogP contribution in [0.3, 0.4) is 0 Å². The summed E-state index contributed by atoms with van der Waals surface area (Å²) in [4.78, 5) is 4.18. The maximum absolute atomic E-state index is 5.24. The van der Waals surface area contributed by atoms with Crippen LogP contribution in [0.25, 0.3) is 0 Å². The maximum atomic E-state index is 5.24. The zero-order valence-electron chi connectivity index (χ0n) is 7.50. The first-order valence-electron chi connectivity index (χ1n) is 4.31. The summed E-state index contributed by atoms with van der Waals surface area (Å²) >= 11 is 5.24. The molecule has 0 N–H and O–H groups in total. The van der Waals surface area contributed by atoms with Gasteiger partial charge in [-0.25, -0.2) is 0 Å². The Kier molecular flexibility index (Phi) is 2.60. The molecule has 14 heavy (non-hydrogen) atoms. The molecule has 2 aromatic rings. The summed E-state index contributed by atoms with van der Waals surface area (Å²) in [6, 6.07) is 15.5. The van der Waals surface area contributed by atoms with Crippen LogP contribution in [0.2, 0.25) is 0 Å². The van der Waals surface area contributed by atoms with Crippen molar-refractivity contribution in [2.24, 2.45) is 0 Å². The summed E-state index contributed by atoms with van der Waals surface area (Å²) < 4.78 is 1.64. The number of aromatic nitrogens is 1. The average Bonchev–Trinajstić information content (AvgIpc) is 2.30. The Morgan fingerprint density at radius 1 is 0.929 bits per heavy atom. The SMILES string of the molecule is S=[N+](c1ccccc1)c1ccccn1. The predicted molar refractivity (Wildman–Crippen MR) is 59.5 cm³/mol. The molecule has 2 rings (SSSR count). The highest BCUT2D eigenvalue weighted by atomic mass is 32.1. The summed E-state index contributed by atoms with van der Waals surface area (Å²) in [5.74, 6) is 0.772. The van der Waals surface area contributed by atoms with Gasteiger partial charge in [-0.2, -0.15) is 0 Å². The van der Waals surface area contributed by atoms with Crippen molar-refractivity contribution in [1.29, 1.82) is 0 Å². The molecule has 0 saturated heterocycles. The third-order valence-corrected chi connectivity index (χ3v) is 2.25. The first-order chi connectivity index (χ1) is 6.88. The van der Waals surface area contributed by atoms with Crippen molar-refractivity contribution < 1.29 is 0 Å². The van der Waals surface area contributed by atoms with E-state index in [9.17, 15) is 0 Å². The van der Waals surface area contributed by atoms with E-state index in [0.717, 1.165) is 11.5 Å². The predicted octanol–water partition coefficient (Wildman–Crippen LogP) is 2.65. The molecule has 0 aliphatic heterocycles. The molecule has 0 fully saturated rings. The molecule has 1 aromatic heterocycles. The molecular weight excluding hydrogens is 192 g/mol. The zero-order chi connectivity index (χ0) is 9.80. The Morgan fingerprint density at radius 3 is 2.29 bits per heavy atom. The van der Waals surface area contributed by atoms with Crippen LogP contribution in [0.5, 0.6) is 0 Å². The van der Waals surface area contributed by atoms with E-state index >= 15 is 0 Å². The lowest BCUT2D eigenvalue weighted by atomic mass is 10.3. The average molecular weight is 201 g/mol. The van der Waals surface area contributed by atoms with Crippen molar-refractivity contribution in [2.75, 3.05) is 0 Å². The largest absolute Gasteiger partial charge is 0.339 e. The van der Waals surface area contributed by atoms with Gasteiger partial charge in [-0.3, -0.25) is 0 Å². The molecule has 0 radical (unpaired) electrons. The third-order valence-electron chi connectivity index (χ3n) is 1.85. The fraction of sp³-hybridized carbons (Fsp3) is 0. The number of rotatable bonds is 2. The van der Waals surface area contributed by atoms with E-state index in [2.05, 4.69) is 4.98 Å². The van der Waals surface area contributed by atoms with Crippen LogP contribution < -0.4 is 3.95 Å². The Labute approximate surface area is 88.0 Å². The summed E-state index contributed by atoms with van der Waals surface area (Å²) in [7, 11) is 0. The normalized spacial score (nSPS) is 9.71. The third kappa shape index (κ3) is 1.83. The molecular formula is C11H9N2S+. The van der Waals surface area contributed by atoms with Gasteiger partial charge in [0.2, 0.25) is 0 Å². The molecule has 68 valence electrons. The molecule has 0 unspecified atom stereocenters. The van der Waals surface area contributed by atoms with E-state index in [1.165, 1.54) is 0 Å². The van der Waals surface area contributed by atoms with Crippen molar-refractivity contribution in [3.8, 4) is 0 Å². The molecule has 0 aliphatic rings. The summed E-state index contributed by atoms with van der Waals surface area (Å²) in [6.07, 6.45) is 1.73. The Morgan fingerprint density at radius 2 is 1.64 bits per heavy atom. The molecule has 1 aromatic carbocycles. The van der Waals surface area contributed by atoms with Crippen molar-refractivity contribution in [1.82, 2.24) is 8.93 Å². The number of para-hydroxylation sites is 1. The molecule has 0 amide bonds. The van der Waals surface area contributed by atoms with Crippen LogP contribution in [0.15, 0.2) is 54.7 Å². The van der Waals surface area contributed by atoms with Gasteiger partial charge in [-0.1, -0.05) is 24.3 Å². The van der Waals surface area contributed by atoms with E-state index < -0.39 is 0 Å². The lowest BCUT2D eigenvalue weighted by Crippen LogP contribution is -1.99. The Bertz CT molecular complexity index is 384. The van der Waals surface area contributed by atoms with Crippen LogP contribution in [-0.2, 0) is 12.4 Å². The number of pyridine rings is 1. The second kappa shape index (κ2) is 4.07. The number of nitrogens with zero attached hydrogens (tertiary/aromatic N) is 2. The quantitative estimate of drug-likeness (QED) is 0.694. The molecule has 0 atom stereocenters. The Balaban J connectivity index is 2.35. The monoisotopic (exact) mass is 201 g/mol. The van der Waals surface area contributed by atoms with E-state index in [-0.39, 0.29) is 0 Å². The van der Waals surface area contributed by atoms with Crippen molar-refractivity contribution >= 4 is 23.9 Å². The van der Waals surface area contributed by atoms with E-state index in [1.54, 1.807) is 10.1 Å². The van der Waals surface area contributed by atoms with Crippen molar-refractivity contribution in [2.45, 2.75) is 0 Å². The standard InChI is InChI=1S/C11H9N2S/c14-13(10-6-2-1-3-7-10)11-8-4-5-9-12-11/h1-9H/q+1. The second-order valence-corrected chi connectivity index (χ2v) is 3.18. The highest BCUT2D eigenvalue weighted by Crippen LogP contribution is 2.15. The Hall–Kier alpha value is -1.61. The number of hydrogen-bond acceptors (Lipinski definition) is 2. The van der Waals surface area contributed by atoms with Crippen molar-refractivity contribution in [3.63, 3.8) is 0 Å². The van der Waals surface area contributed by atoms with Crippen LogP contribution in [-0.4, -0.2) is 4.98 Å². The molecule has 0 spiro atoms. The topological polar surface area (TPSA) is 15.9 Å². The smallest absolute Gasteiger partial charge is 0.125 e. The zero-order valence-corrected chi connectivity index (χ0v) is 8.32. The molecule has 2 nitrogen and oxygen atoms in total. The van der Waals surface area contributed by atoms with Gasteiger partial charge in [0.05, 0.1) is 0 Å². The van der Waals surface area contributed by atoms with Gasteiger partial charge in [0.1, 0.15) is 11.9 Å². The maximum Gasteiger partial charge on any atom is 0.339 e. The first-order valence-corrected chi connectivity index (χ1v) is 4.68. The van der Waals surface area contributed by atoms with Gasteiger partial charge in [0.15, 0.2) is 12.4 Å². The molecule has 1 heterocycles. The second-order valence-electron chi connectivity index (χ2n) is 2.82. The highest BCUT2D eigenvalue weighted by molar-refractivity contribution is 7.47. The molecule has 0 saturated carbocycles. The van der Waals surface area contributed by atoms with E-state index in [4.69, 9.17) is 12.4 Å². The number of hydrogen-bond donors (Lipinski definition) is 0. The van der Waals surface area contributed by atoms with Gasteiger partial charge in [0, 0.05) is 6.07 Å². The lowest BCUT2D eigenvalue weighted by molar-refractivity contribution is 1.06. The van der Waals surface area contributed by atoms with Crippen LogP contribution in [0, 0.1) is 0 Å². The fourth-order valence-corrected chi connectivity index (χ4v) is 1.40. The minimum Gasteiger partial charge on any atom is -0.125 e. The van der Waals surface area contributed by atoms with E-state index in [0.29, 0.717) is 0 Å². The highest BCUT2D eigenvalue weighted by Gasteiger charge is 2.10. The summed E-state index contributed by atoms with van der Waals surface area (Å²) in [5.41, 5.74) is 0.959.